The molecule has 1 fully saturated rings. The summed E-state index contributed by atoms with van der Waals surface area (Å²) in [5.74, 6) is 1.03. The summed E-state index contributed by atoms with van der Waals surface area (Å²) in [6.07, 6.45) is 5.62. The van der Waals surface area contributed by atoms with Crippen LogP contribution in [-0.2, 0) is 9.59 Å². The first-order chi connectivity index (χ1) is 13.1. The van der Waals surface area contributed by atoms with Crippen LogP contribution in [-0.4, -0.2) is 49.0 Å². The maximum Gasteiger partial charge on any atom is 0.222 e. The molecule has 3 N–H and O–H groups in total. The summed E-state index contributed by atoms with van der Waals surface area (Å²) in [5, 5.41) is 2.90. The molecule has 0 spiro atoms. The SMILES string of the molecule is Cc1cccc(OCCCCC(=O)N2CCCCC2CNC(=O)CCN)c1.Cl. The highest BCUT2D eigenvalue weighted by Gasteiger charge is 2.26. The average molecular weight is 412 g/mol. The van der Waals surface area contributed by atoms with E-state index in [-0.39, 0.29) is 30.3 Å². The molecule has 1 aromatic rings. The molecule has 1 saturated heterocycles. The first-order valence-corrected chi connectivity index (χ1v) is 10.1. The van der Waals surface area contributed by atoms with E-state index in [0.717, 1.165) is 44.4 Å². The van der Waals surface area contributed by atoms with Crippen molar-refractivity contribution >= 4 is 24.2 Å². The fraction of sp³-hybridized carbons (Fsp3) is 0.619. The number of likely N-dealkylation sites (tertiary alicyclic amines) is 1. The molecule has 1 heterocycles. The Morgan fingerprint density at radius 2 is 2.07 bits per heavy atom. The van der Waals surface area contributed by atoms with E-state index in [0.29, 0.717) is 32.5 Å². The standard InChI is InChI=1S/C21H33N3O3.ClH/c1-17-7-6-9-19(15-17)27-14-5-3-10-21(26)24-13-4-2-8-18(24)16-23-20(25)11-12-22;/h6-7,9,15,18H,2-5,8,10-14,16,22H2,1H3,(H,23,25);1H. The molecule has 158 valence electrons. The lowest BCUT2D eigenvalue weighted by Gasteiger charge is -2.36. The van der Waals surface area contributed by atoms with Crippen molar-refractivity contribution < 1.29 is 14.3 Å². The number of nitrogens with two attached hydrogens (primary N) is 1. The highest BCUT2D eigenvalue weighted by Crippen LogP contribution is 2.19. The largest absolute Gasteiger partial charge is 0.494 e. The Morgan fingerprint density at radius 3 is 2.82 bits per heavy atom. The van der Waals surface area contributed by atoms with E-state index >= 15 is 0 Å². The van der Waals surface area contributed by atoms with E-state index in [9.17, 15) is 9.59 Å². The number of nitrogens with one attached hydrogen (secondary N) is 1. The number of benzene rings is 1. The normalized spacial score (nSPS) is 16.2. The predicted molar refractivity (Wildman–Crippen MR) is 114 cm³/mol. The molecule has 2 amide bonds. The number of carbonyl (C=O) groups excluding carboxylic acids is 2. The Morgan fingerprint density at radius 1 is 1.25 bits per heavy atom. The molecule has 0 bridgehead atoms. The van der Waals surface area contributed by atoms with Gasteiger partial charge in [0.15, 0.2) is 0 Å². The van der Waals surface area contributed by atoms with Gasteiger partial charge in [-0.25, -0.2) is 0 Å². The second kappa shape index (κ2) is 13.4. The average Bonchev–Trinajstić information content (AvgIpc) is 2.66. The fourth-order valence-electron chi connectivity index (χ4n) is 3.41. The second-order valence-electron chi connectivity index (χ2n) is 7.20. The second-order valence-corrected chi connectivity index (χ2v) is 7.20. The number of piperidine rings is 1. The van der Waals surface area contributed by atoms with E-state index in [2.05, 4.69) is 5.32 Å². The quantitative estimate of drug-likeness (QED) is 0.580. The van der Waals surface area contributed by atoms with Crippen molar-refractivity contribution in [1.82, 2.24) is 10.2 Å². The molecule has 1 unspecified atom stereocenters. The Labute approximate surface area is 174 Å². The van der Waals surface area contributed by atoms with Crippen LogP contribution in [0.3, 0.4) is 0 Å². The van der Waals surface area contributed by atoms with Gasteiger partial charge >= 0.3 is 0 Å². The van der Waals surface area contributed by atoms with Gasteiger partial charge in [-0.3, -0.25) is 9.59 Å². The van der Waals surface area contributed by atoms with Crippen molar-refractivity contribution in [2.75, 3.05) is 26.2 Å². The van der Waals surface area contributed by atoms with Crippen LogP contribution in [0, 0.1) is 6.92 Å². The molecule has 1 aromatic carbocycles. The Kier molecular flexibility index (Phi) is 11.6. The van der Waals surface area contributed by atoms with Gasteiger partial charge in [0, 0.05) is 38.5 Å². The van der Waals surface area contributed by atoms with Crippen LogP contribution in [0.25, 0.3) is 0 Å². The molecule has 6 nitrogen and oxygen atoms in total. The van der Waals surface area contributed by atoms with Crippen molar-refractivity contribution in [3.8, 4) is 5.75 Å². The van der Waals surface area contributed by atoms with E-state index < -0.39 is 0 Å². The third-order valence-electron chi connectivity index (χ3n) is 4.90. The number of aryl methyl sites for hydroxylation is 1. The van der Waals surface area contributed by atoms with Gasteiger partial charge in [0.1, 0.15) is 5.75 Å². The van der Waals surface area contributed by atoms with Gasteiger partial charge in [-0.2, -0.15) is 0 Å². The van der Waals surface area contributed by atoms with Crippen LogP contribution in [0.15, 0.2) is 24.3 Å². The van der Waals surface area contributed by atoms with E-state index in [1.807, 2.05) is 36.1 Å². The minimum atomic E-state index is -0.0382. The van der Waals surface area contributed by atoms with Gasteiger partial charge < -0.3 is 20.7 Å². The predicted octanol–water partition coefficient (Wildman–Crippen LogP) is 2.81. The van der Waals surface area contributed by atoms with E-state index in [1.165, 1.54) is 5.56 Å². The Bertz CT molecular complexity index is 612. The number of carbonyl (C=O) groups is 2. The molecule has 0 radical (unpaired) electrons. The minimum absolute atomic E-state index is 0. The maximum atomic E-state index is 12.6. The first kappa shape index (κ1) is 24.2. The lowest BCUT2D eigenvalue weighted by molar-refractivity contribution is -0.135. The Balaban J connectivity index is 0.00000392. The van der Waals surface area contributed by atoms with Crippen molar-refractivity contribution in [2.45, 2.75) is 57.9 Å². The van der Waals surface area contributed by atoms with E-state index in [1.54, 1.807) is 0 Å². The van der Waals surface area contributed by atoms with Gasteiger partial charge in [-0.15, -0.1) is 12.4 Å². The number of unbranched alkanes of at least 4 members (excludes halogenated alkanes) is 1. The molecule has 1 aliphatic heterocycles. The van der Waals surface area contributed by atoms with E-state index in [4.69, 9.17) is 10.5 Å². The molecule has 0 saturated carbocycles. The minimum Gasteiger partial charge on any atom is -0.494 e. The van der Waals surface area contributed by atoms with Crippen molar-refractivity contribution in [3.05, 3.63) is 29.8 Å². The molecule has 2 rings (SSSR count). The van der Waals surface area contributed by atoms with Crippen LogP contribution in [0.5, 0.6) is 5.75 Å². The molecule has 1 atom stereocenters. The van der Waals surface area contributed by atoms with Gasteiger partial charge in [-0.05, 0) is 56.7 Å². The summed E-state index contributed by atoms with van der Waals surface area (Å²) in [5.41, 5.74) is 6.58. The molecule has 7 heteroatoms. The maximum absolute atomic E-state index is 12.6. The summed E-state index contributed by atoms with van der Waals surface area (Å²) < 4.78 is 5.74. The number of nitrogens with zero attached hydrogens (tertiary/aromatic N) is 1. The summed E-state index contributed by atoms with van der Waals surface area (Å²) in [7, 11) is 0. The Hall–Kier alpha value is -1.79. The monoisotopic (exact) mass is 411 g/mol. The number of halogens is 1. The van der Waals surface area contributed by atoms with Crippen molar-refractivity contribution in [1.29, 1.82) is 0 Å². The first-order valence-electron chi connectivity index (χ1n) is 10.1. The van der Waals surface area contributed by atoms with Gasteiger partial charge in [-0.1, -0.05) is 12.1 Å². The van der Waals surface area contributed by atoms with Crippen LogP contribution >= 0.6 is 12.4 Å². The summed E-state index contributed by atoms with van der Waals surface area (Å²) in [6, 6.07) is 8.10. The molecular formula is C21H34ClN3O3. The van der Waals surface area contributed by atoms with Crippen LogP contribution in [0.4, 0.5) is 0 Å². The zero-order valence-electron chi connectivity index (χ0n) is 16.8. The summed E-state index contributed by atoms with van der Waals surface area (Å²) >= 11 is 0. The van der Waals surface area contributed by atoms with Crippen molar-refractivity contribution in [2.24, 2.45) is 5.73 Å². The highest BCUT2D eigenvalue weighted by atomic mass is 35.5. The van der Waals surface area contributed by atoms with Crippen LogP contribution < -0.4 is 15.8 Å². The molecule has 28 heavy (non-hydrogen) atoms. The third kappa shape index (κ3) is 8.48. The number of amides is 2. The summed E-state index contributed by atoms with van der Waals surface area (Å²) in [4.78, 5) is 26.2. The molecule has 0 aliphatic carbocycles. The van der Waals surface area contributed by atoms with Gasteiger partial charge in [0.05, 0.1) is 6.61 Å². The van der Waals surface area contributed by atoms with Crippen molar-refractivity contribution in [3.63, 3.8) is 0 Å². The number of hydrogen-bond acceptors (Lipinski definition) is 4. The van der Waals surface area contributed by atoms with Crippen LogP contribution in [0.2, 0.25) is 0 Å². The number of rotatable bonds is 10. The smallest absolute Gasteiger partial charge is 0.222 e. The topological polar surface area (TPSA) is 84.7 Å². The summed E-state index contributed by atoms with van der Waals surface area (Å²) in [6.45, 7) is 4.33. The number of hydrogen-bond donors (Lipinski definition) is 2. The molecule has 0 aromatic heterocycles. The number of ether oxygens (including phenoxy) is 1. The lowest BCUT2D eigenvalue weighted by Crippen LogP contribution is -2.49. The fourth-order valence-corrected chi connectivity index (χ4v) is 3.41. The highest BCUT2D eigenvalue weighted by molar-refractivity contribution is 5.85. The molecular weight excluding hydrogens is 378 g/mol. The zero-order chi connectivity index (χ0) is 19.5. The van der Waals surface area contributed by atoms with Gasteiger partial charge in [0.25, 0.3) is 0 Å². The van der Waals surface area contributed by atoms with Crippen LogP contribution in [0.1, 0.15) is 50.5 Å². The molecule has 1 aliphatic rings. The lowest BCUT2D eigenvalue weighted by atomic mass is 10.0. The zero-order valence-corrected chi connectivity index (χ0v) is 17.6. The van der Waals surface area contributed by atoms with Gasteiger partial charge in [0.2, 0.25) is 11.8 Å². The third-order valence-corrected chi connectivity index (χ3v) is 4.90.